The van der Waals surface area contributed by atoms with Crippen LogP contribution in [0.5, 0.6) is 11.5 Å². The number of benzene rings is 1. The van der Waals surface area contributed by atoms with Crippen molar-refractivity contribution in [2.45, 2.75) is 12.3 Å². The van der Waals surface area contributed by atoms with Gasteiger partial charge in [0.25, 0.3) is 0 Å². The Hall–Kier alpha value is -1.36. The molecule has 0 unspecified atom stereocenters. The summed E-state index contributed by atoms with van der Waals surface area (Å²) in [5, 5.41) is -3.92. The Labute approximate surface area is 102 Å². The van der Waals surface area contributed by atoms with Gasteiger partial charge >= 0.3 is 5.38 Å². The largest absolute Gasteiger partial charge is 0.493 e. The molecule has 1 rings (SSSR count). The minimum absolute atomic E-state index is 0.224. The second-order valence-corrected chi connectivity index (χ2v) is 3.60. The van der Waals surface area contributed by atoms with E-state index in [9.17, 15) is 13.6 Å². The summed E-state index contributed by atoms with van der Waals surface area (Å²) in [6.45, 7) is 2.05. The van der Waals surface area contributed by atoms with Gasteiger partial charge in [0.2, 0.25) is 5.78 Å². The second kappa shape index (κ2) is 5.31. The van der Waals surface area contributed by atoms with Crippen LogP contribution in [0.25, 0.3) is 0 Å². The maximum atomic E-state index is 12.6. The maximum Gasteiger partial charge on any atom is 0.384 e. The Morgan fingerprint density at radius 3 is 2.53 bits per heavy atom. The molecule has 0 heterocycles. The van der Waals surface area contributed by atoms with Crippen molar-refractivity contribution in [2.75, 3.05) is 13.7 Å². The zero-order valence-electron chi connectivity index (χ0n) is 9.30. The topological polar surface area (TPSA) is 35.5 Å². The molecule has 0 saturated heterocycles. The van der Waals surface area contributed by atoms with Crippen molar-refractivity contribution in [3.63, 3.8) is 0 Å². The quantitative estimate of drug-likeness (QED) is 0.605. The van der Waals surface area contributed by atoms with Crippen LogP contribution >= 0.6 is 11.6 Å². The number of ether oxygens (including phenoxy) is 2. The molecule has 0 aliphatic rings. The van der Waals surface area contributed by atoms with Crippen LogP contribution in [-0.4, -0.2) is 24.9 Å². The fraction of sp³-hybridized carbons (Fsp3) is 0.364. The van der Waals surface area contributed by atoms with Crippen LogP contribution in [0, 0.1) is 0 Å². The molecule has 0 radical (unpaired) electrons. The molecule has 0 bridgehead atoms. The third kappa shape index (κ3) is 3.30. The molecule has 0 aromatic heterocycles. The van der Waals surface area contributed by atoms with Crippen molar-refractivity contribution >= 4 is 17.4 Å². The maximum absolute atomic E-state index is 12.6. The molecule has 0 saturated carbocycles. The summed E-state index contributed by atoms with van der Waals surface area (Å²) in [5.41, 5.74) is -0.228. The molecule has 0 aliphatic heterocycles. The summed E-state index contributed by atoms with van der Waals surface area (Å²) in [5.74, 6) is -0.883. The Kier molecular flexibility index (Phi) is 4.28. The minimum atomic E-state index is -3.92. The van der Waals surface area contributed by atoms with E-state index < -0.39 is 11.2 Å². The zero-order chi connectivity index (χ0) is 13.1. The molecular formula is C11H11ClF2O3. The number of methoxy groups -OCH3 is 1. The highest BCUT2D eigenvalue weighted by atomic mass is 35.5. The van der Waals surface area contributed by atoms with Crippen molar-refractivity contribution in [1.82, 2.24) is 0 Å². The number of carbonyl (C=O) groups excluding carboxylic acids is 1. The number of rotatable bonds is 5. The van der Waals surface area contributed by atoms with E-state index in [0.29, 0.717) is 12.4 Å². The van der Waals surface area contributed by atoms with Crippen molar-refractivity contribution in [1.29, 1.82) is 0 Å². The fourth-order valence-corrected chi connectivity index (χ4v) is 1.36. The van der Waals surface area contributed by atoms with Gasteiger partial charge in [-0.1, -0.05) is 0 Å². The number of hydrogen-bond acceptors (Lipinski definition) is 3. The van der Waals surface area contributed by atoms with Crippen LogP contribution < -0.4 is 9.47 Å². The van der Waals surface area contributed by atoms with E-state index >= 15 is 0 Å². The molecule has 0 aliphatic carbocycles. The minimum Gasteiger partial charge on any atom is -0.493 e. The van der Waals surface area contributed by atoms with Gasteiger partial charge < -0.3 is 9.47 Å². The van der Waals surface area contributed by atoms with Crippen LogP contribution in [-0.2, 0) is 0 Å². The van der Waals surface area contributed by atoms with E-state index in [1.807, 2.05) is 0 Å². The number of halogens is 3. The normalized spacial score (nSPS) is 11.1. The molecule has 3 nitrogen and oxygen atoms in total. The molecule has 6 heteroatoms. The van der Waals surface area contributed by atoms with Crippen LogP contribution in [0.1, 0.15) is 17.3 Å². The smallest absolute Gasteiger partial charge is 0.384 e. The molecule has 0 spiro atoms. The van der Waals surface area contributed by atoms with Crippen molar-refractivity contribution in [3.05, 3.63) is 23.8 Å². The molecule has 0 atom stereocenters. The molecule has 0 N–H and O–H groups in total. The van der Waals surface area contributed by atoms with Gasteiger partial charge in [0.15, 0.2) is 11.5 Å². The SMILES string of the molecule is CCOc1cc(C(=O)C(F)(F)Cl)ccc1OC. The van der Waals surface area contributed by atoms with E-state index in [1.165, 1.54) is 25.3 Å². The van der Waals surface area contributed by atoms with Crippen LogP contribution in [0.15, 0.2) is 18.2 Å². The summed E-state index contributed by atoms with van der Waals surface area (Å²) in [4.78, 5) is 11.2. The predicted molar refractivity (Wildman–Crippen MR) is 59.3 cm³/mol. The third-order valence-electron chi connectivity index (χ3n) is 1.98. The molecular weight excluding hydrogens is 254 g/mol. The summed E-state index contributed by atoms with van der Waals surface area (Å²) in [6.07, 6.45) is 0. The van der Waals surface area contributed by atoms with E-state index in [4.69, 9.17) is 9.47 Å². The number of ketones is 1. The molecule has 1 aromatic rings. The second-order valence-electron chi connectivity index (χ2n) is 3.13. The van der Waals surface area contributed by atoms with E-state index in [2.05, 4.69) is 11.6 Å². The first kappa shape index (κ1) is 13.7. The van der Waals surface area contributed by atoms with E-state index in [-0.39, 0.29) is 11.3 Å². The predicted octanol–water partition coefficient (Wildman–Crippen LogP) is 3.11. The van der Waals surface area contributed by atoms with Gasteiger partial charge in [0.1, 0.15) is 0 Å². The molecule has 0 fully saturated rings. The molecule has 17 heavy (non-hydrogen) atoms. The lowest BCUT2D eigenvalue weighted by atomic mass is 10.1. The summed E-state index contributed by atoms with van der Waals surface area (Å²) < 4.78 is 35.4. The average Bonchev–Trinajstić information content (AvgIpc) is 2.27. The third-order valence-corrected chi connectivity index (χ3v) is 2.15. The first-order chi connectivity index (χ1) is 7.90. The highest BCUT2D eigenvalue weighted by Gasteiger charge is 2.36. The highest BCUT2D eigenvalue weighted by molar-refractivity contribution is 6.35. The van der Waals surface area contributed by atoms with Crippen LogP contribution in [0.4, 0.5) is 8.78 Å². The van der Waals surface area contributed by atoms with Gasteiger partial charge in [-0.2, -0.15) is 8.78 Å². The van der Waals surface area contributed by atoms with Gasteiger partial charge in [0, 0.05) is 5.56 Å². The molecule has 0 amide bonds. The van der Waals surface area contributed by atoms with Gasteiger partial charge in [-0.15, -0.1) is 0 Å². The highest BCUT2D eigenvalue weighted by Crippen LogP contribution is 2.31. The molecule has 1 aromatic carbocycles. The van der Waals surface area contributed by atoms with Gasteiger partial charge in [-0.3, -0.25) is 4.79 Å². The summed E-state index contributed by atoms with van der Waals surface area (Å²) in [7, 11) is 1.41. The Morgan fingerprint density at radius 1 is 1.41 bits per heavy atom. The van der Waals surface area contributed by atoms with Gasteiger partial charge in [0.05, 0.1) is 13.7 Å². The Bertz CT molecular complexity index is 416. The lowest BCUT2D eigenvalue weighted by molar-refractivity contribution is 0.0536. The Balaban J connectivity index is 3.12. The number of carbonyl (C=O) groups is 1. The van der Waals surface area contributed by atoms with E-state index in [1.54, 1.807) is 6.92 Å². The number of Topliss-reactive ketones (excluding diaryl/α,β-unsaturated/α-hetero) is 1. The molecule has 94 valence electrons. The average molecular weight is 265 g/mol. The van der Waals surface area contributed by atoms with Crippen molar-refractivity contribution < 1.29 is 23.0 Å². The fourth-order valence-electron chi connectivity index (χ4n) is 1.25. The van der Waals surface area contributed by atoms with Crippen LogP contribution in [0.2, 0.25) is 0 Å². The van der Waals surface area contributed by atoms with Crippen molar-refractivity contribution in [2.24, 2.45) is 0 Å². The number of hydrogen-bond donors (Lipinski definition) is 0. The standard InChI is InChI=1S/C11H11ClF2O3/c1-3-17-9-6-7(4-5-8(9)16-2)10(15)11(12,13)14/h4-6H,3H2,1-2H3. The van der Waals surface area contributed by atoms with E-state index in [0.717, 1.165) is 0 Å². The van der Waals surface area contributed by atoms with Crippen LogP contribution in [0.3, 0.4) is 0 Å². The van der Waals surface area contributed by atoms with Gasteiger partial charge in [-0.05, 0) is 36.7 Å². The summed E-state index contributed by atoms with van der Waals surface area (Å²) in [6, 6.07) is 3.77. The lowest BCUT2D eigenvalue weighted by Crippen LogP contribution is -2.21. The van der Waals surface area contributed by atoms with Gasteiger partial charge in [-0.25, -0.2) is 0 Å². The number of alkyl halides is 3. The lowest BCUT2D eigenvalue weighted by Gasteiger charge is -2.12. The monoisotopic (exact) mass is 264 g/mol. The zero-order valence-corrected chi connectivity index (χ0v) is 10.1. The van der Waals surface area contributed by atoms with Crippen molar-refractivity contribution in [3.8, 4) is 11.5 Å². The summed E-state index contributed by atoms with van der Waals surface area (Å²) >= 11 is 4.67. The Morgan fingerprint density at radius 2 is 2.06 bits per heavy atom. The first-order valence-electron chi connectivity index (χ1n) is 4.82. The first-order valence-corrected chi connectivity index (χ1v) is 5.20.